The number of hydrogen-bond donors (Lipinski definition) is 1. The molecule has 20 heavy (non-hydrogen) atoms. The molecule has 0 amide bonds. The van der Waals surface area contributed by atoms with Crippen molar-refractivity contribution in [2.45, 2.75) is 32.7 Å². The molecular formula is C15H19N3O2. The summed E-state index contributed by atoms with van der Waals surface area (Å²) in [5.74, 6) is -0.825. The fourth-order valence-electron chi connectivity index (χ4n) is 2.97. The van der Waals surface area contributed by atoms with Crippen LogP contribution in [0, 0.1) is 6.92 Å². The number of hydrogen-bond acceptors (Lipinski definition) is 3. The number of fused-ring (bicyclic) bond motifs is 1. The number of aromatic nitrogens is 2. The Kier molecular flexibility index (Phi) is 3.44. The third-order valence-electron chi connectivity index (χ3n) is 3.91. The van der Waals surface area contributed by atoms with Gasteiger partial charge in [0.25, 0.3) is 0 Å². The number of rotatable bonds is 4. The average Bonchev–Trinajstić information content (AvgIpc) is 2.99. The molecule has 0 spiro atoms. The summed E-state index contributed by atoms with van der Waals surface area (Å²) in [6.45, 7) is 5.00. The zero-order valence-corrected chi connectivity index (χ0v) is 11.7. The molecule has 0 radical (unpaired) electrons. The Morgan fingerprint density at radius 3 is 2.80 bits per heavy atom. The molecule has 0 aromatic carbocycles. The number of carboxylic acid groups (broad SMARTS) is 1. The van der Waals surface area contributed by atoms with E-state index >= 15 is 0 Å². The molecule has 3 heterocycles. The fourth-order valence-corrected chi connectivity index (χ4v) is 2.97. The quantitative estimate of drug-likeness (QED) is 0.924. The lowest BCUT2D eigenvalue weighted by molar-refractivity contribution is -0.136. The molecule has 0 atom stereocenters. The van der Waals surface area contributed by atoms with E-state index in [1.807, 2.05) is 25.1 Å². The Hall–Kier alpha value is -1.88. The molecule has 1 aliphatic rings. The van der Waals surface area contributed by atoms with Gasteiger partial charge < -0.3 is 5.11 Å². The molecule has 5 heteroatoms. The smallest absolute Gasteiger partial charge is 0.309 e. The maximum absolute atomic E-state index is 11.1. The van der Waals surface area contributed by atoms with Crippen molar-refractivity contribution >= 4 is 11.6 Å². The van der Waals surface area contributed by atoms with Crippen LogP contribution in [0.1, 0.15) is 29.9 Å². The maximum Gasteiger partial charge on any atom is 0.309 e. The Morgan fingerprint density at radius 2 is 2.10 bits per heavy atom. The SMILES string of the molecule is Cc1cccc2nc(CC(=O)O)c(CN3CCCC3)n12. The lowest BCUT2D eigenvalue weighted by Crippen LogP contribution is -2.21. The molecule has 0 unspecified atom stereocenters. The minimum Gasteiger partial charge on any atom is -0.481 e. The molecule has 0 saturated carbocycles. The van der Waals surface area contributed by atoms with Gasteiger partial charge in [0.1, 0.15) is 5.65 Å². The predicted octanol–water partition coefficient (Wildman–Crippen LogP) is 1.87. The van der Waals surface area contributed by atoms with E-state index in [1.165, 1.54) is 12.8 Å². The minimum atomic E-state index is -0.825. The lowest BCUT2D eigenvalue weighted by atomic mass is 10.2. The number of carbonyl (C=O) groups is 1. The highest BCUT2D eigenvalue weighted by atomic mass is 16.4. The number of pyridine rings is 1. The van der Waals surface area contributed by atoms with Gasteiger partial charge in [0, 0.05) is 12.2 Å². The lowest BCUT2D eigenvalue weighted by Gasteiger charge is -2.16. The van der Waals surface area contributed by atoms with Gasteiger partial charge >= 0.3 is 5.97 Å². The zero-order valence-electron chi connectivity index (χ0n) is 11.7. The van der Waals surface area contributed by atoms with E-state index in [0.29, 0.717) is 5.69 Å². The highest BCUT2D eigenvalue weighted by Gasteiger charge is 2.20. The van der Waals surface area contributed by atoms with E-state index in [1.54, 1.807) is 0 Å². The van der Waals surface area contributed by atoms with Crippen LogP contribution in [-0.4, -0.2) is 38.4 Å². The van der Waals surface area contributed by atoms with Crippen LogP contribution in [0.15, 0.2) is 18.2 Å². The second-order valence-electron chi connectivity index (χ2n) is 5.42. The molecule has 2 aromatic rings. The van der Waals surface area contributed by atoms with Gasteiger partial charge in [0.05, 0.1) is 17.8 Å². The summed E-state index contributed by atoms with van der Waals surface area (Å²) in [5.41, 5.74) is 3.66. The first-order valence-electron chi connectivity index (χ1n) is 7.05. The van der Waals surface area contributed by atoms with Gasteiger partial charge in [-0.1, -0.05) is 6.07 Å². The minimum absolute atomic E-state index is 0.00963. The average molecular weight is 273 g/mol. The molecule has 1 aliphatic heterocycles. The van der Waals surface area contributed by atoms with Crippen molar-refractivity contribution in [1.82, 2.24) is 14.3 Å². The summed E-state index contributed by atoms with van der Waals surface area (Å²) < 4.78 is 2.09. The third kappa shape index (κ3) is 2.41. The summed E-state index contributed by atoms with van der Waals surface area (Å²) in [6, 6.07) is 5.93. The van der Waals surface area contributed by atoms with Gasteiger partial charge in [-0.25, -0.2) is 4.98 Å². The molecular weight excluding hydrogens is 254 g/mol. The third-order valence-corrected chi connectivity index (χ3v) is 3.91. The van der Waals surface area contributed by atoms with Crippen LogP contribution in [0.25, 0.3) is 5.65 Å². The second kappa shape index (κ2) is 5.25. The first-order valence-corrected chi connectivity index (χ1v) is 7.05. The number of nitrogens with zero attached hydrogens (tertiary/aromatic N) is 3. The largest absolute Gasteiger partial charge is 0.481 e. The molecule has 5 nitrogen and oxygen atoms in total. The number of imidazole rings is 1. The van der Waals surface area contributed by atoms with Crippen LogP contribution >= 0.6 is 0 Å². The van der Waals surface area contributed by atoms with Gasteiger partial charge in [0.15, 0.2) is 0 Å². The van der Waals surface area contributed by atoms with Gasteiger partial charge in [-0.3, -0.25) is 14.1 Å². The molecule has 0 aliphatic carbocycles. The van der Waals surface area contributed by atoms with E-state index in [-0.39, 0.29) is 6.42 Å². The van der Waals surface area contributed by atoms with Crippen molar-refractivity contribution < 1.29 is 9.90 Å². The van der Waals surface area contributed by atoms with Crippen molar-refractivity contribution in [2.24, 2.45) is 0 Å². The Morgan fingerprint density at radius 1 is 1.35 bits per heavy atom. The van der Waals surface area contributed by atoms with Crippen LogP contribution in [0.4, 0.5) is 0 Å². The first-order chi connectivity index (χ1) is 9.65. The summed E-state index contributed by atoms with van der Waals surface area (Å²) in [4.78, 5) is 17.9. The Balaban J connectivity index is 2.06. The summed E-state index contributed by atoms with van der Waals surface area (Å²) in [6.07, 6.45) is 2.44. The van der Waals surface area contributed by atoms with E-state index in [0.717, 1.165) is 36.7 Å². The van der Waals surface area contributed by atoms with Crippen molar-refractivity contribution in [3.8, 4) is 0 Å². The predicted molar refractivity (Wildman–Crippen MR) is 75.8 cm³/mol. The van der Waals surface area contributed by atoms with Crippen molar-refractivity contribution in [3.63, 3.8) is 0 Å². The van der Waals surface area contributed by atoms with Crippen LogP contribution in [-0.2, 0) is 17.8 Å². The van der Waals surface area contributed by atoms with Crippen LogP contribution < -0.4 is 0 Å². The van der Waals surface area contributed by atoms with Crippen LogP contribution in [0.3, 0.4) is 0 Å². The highest BCUT2D eigenvalue weighted by Crippen LogP contribution is 2.20. The highest BCUT2D eigenvalue weighted by molar-refractivity contribution is 5.70. The molecule has 1 saturated heterocycles. The van der Waals surface area contributed by atoms with Crippen molar-refractivity contribution in [1.29, 1.82) is 0 Å². The van der Waals surface area contributed by atoms with Crippen LogP contribution in [0.5, 0.6) is 0 Å². The van der Waals surface area contributed by atoms with E-state index < -0.39 is 5.97 Å². The van der Waals surface area contributed by atoms with Gasteiger partial charge in [0.2, 0.25) is 0 Å². The first kappa shape index (κ1) is 13.1. The molecule has 1 fully saturated rings. The molecule has 2 aromatic heterocycles. The van der Waals surface area contributed by atoms with Gasteiger partial charge in [-0.15, -0.1) is 0 Å². The number of aliphatic carboxylic acids is 1. The monoisotopic (exact) mass is 273 g/mol. The summed E-state index contributed by atoms with van der Waals surface area (Å²) >= 11 is 0. The molecule has 1 N–H and O–H groups in total. The number of aryl methyl sites for hydroxylation is 1. The normalized spacial score (nSPS) is 16.1. The fraction of sp³-hybridized carbons (Fsp3) is 0.467. The summed E-state index contributed by atoms with van der Waals surface area (Å²) in [5, 5.41) is 9.08. The molecule has 0 bridgehead atoms. The zero-order chi connectivity index (χ0) is 14.1. The van der Waals surface area contributed by atoms with E-state index in [4.69, 9.17) is 5.11 Å². The maximum atomic E-state index is 11.1. The second-order valence-corrected chi connectivity index (χ2v) is 5.42. The van der Waals surface area contributed by atoms with Gasteiger partial charge in [-0.2, -0.15) is 0 Å². The van der Waals surface area contributed by atoms with Crippen LogP contribution in [0.2, 0.25) is 0 Å². The van der Waals surface area contributed by atoms with E-state index in [9.17, 15) is 4.79 Å². The van der Waals surface area contributed by atoms with E-state index in [2.05, 4.69) is 14.3 Å². The van der Waals surface area contributed by atoms with Crippen molar-refractivity contribution in [3.05, 3.63) is 35.3 Å². The standard InChI is InChI=1S/C15H19N3O2/c1-11-5-4-6-14-16-12(9-15(19)20)13(18(11)14)10-17-7-2-3-8-17/h4-6H,2-3,7-10H2,1H3,(H,19,20). The molecule has 3 rings (SSSR count). The Labute approximate surface area is 117 Å². The summed E-state index contributed by atoms with van der Waals surface area (Å²) in [7, 11) is 0. The number of carboxylic acids is 1. The van der Waals surface area contributed by atoms with Gasteiger partial charge in [-0.05, 0) is 45.0 Å². The topological polar surface area (TPSA) is 57.8 Å². The Bertz CT molecular complexity index is 642. The number of likely N-dealkylation sites (tertiary alicyclic amines) is 1. The molecule has 106 valence electrons. The van der Waals surface area contributed by atoms with Crippen molar-refractivity contribution in [2.75, 3.05) is 13.1 Å².